The summed E-state index contributed by atoms with van der Waals surface area (Å²) >= 11 is 1.34. The van der Waals surface area contributed by atoms with Gasteiger partial charge in [0.15, 0.2) is 5.13 Å². The Morgan fingerprint density at radius 2 is 1.56 bits per heavy atom. The largest absolute Gasteiger partial charge is 0.309 e. The molecule has 10 nitrogen and oxygen atoms in total. The normalized spacial score (nSPS) is 11.2. The Hall–Kier alpha value is -3.44. The first-order valence-corrected chi connectivity index (χ1v) is 10.7. The molecule has 0 aliphatic carbocycles. The first-order valence-electron chi connectivity index (χ1n) is 9.85. The molecule has 0 aliphatic heterocycles. The molecule has 0 aliphatic rings. The van der Waals surface area contributed by atoms with Crippen LogP contribution in [0.1, 0.15) is 27.9 Å². The van der Waals surface area contributed by atoms with Crippen LogP contribution in [0.4, 0.5) is 16.5 Å². The van der Waals surface area contributed by atoms with Crippen LogP contribution >= 0.6 is 11.3 Å². The lowest BCUT2D eigenvalue weighted by Crippen LogP contribution is -2.33. The van der Waals surface area contributed by atoms with Crippen LogP contribution in [0.2, 0.25) is 0 Å². The Bertz CT molecular complexity index is 1140. The van der Waals surface area contributed by atoms with Gasteiger partial charge in [0.25, 0.3) is 17.3 Å². The molecule has 0 saturated carbocycles. The van der Waals surface area contributed by atoms with Gasteiger partial charge in [-0.05, 0) is 64.2 Å². The van der Waals surface area contributed by atoms with Gasteiger partial charge in [-0.3, -0.25) is 29.9 Å². The van der Waals surface area contributed by atoms with E-state index < -0.39 is 27.1 Å². The molecule has 3 rings (SSSR count). The van der Waals surface area contributed by atoms with Crippen LogP contribution in [-0.2, 0) is 0 Å². The van der Waals surface area contributed by atoms with Crippen LogP contribution in [0.15, 0.2) is 30.3 Å². The summed E-state index contributed by atoms with van der Waals surface area (Å²) in [6.07, 6.45) is 0.629. The maximum Gasteiger partial charge on any atom is 0.277 e. The molecular weight excluding hydrogens is 434 g/mol. The number of fused-ring (bicyclic) bond motifs is 1. The van der Waals surface area contributed by atoms with Crippen molar-refractivity contribution >= 4 is 44.0 Å². The molecule has 1 aromatic heterocycles. The summed E-state index contributed by atoms with van der Waals surface area (Å²) in [7, 11) is 3.83. The maximum atomic E-state index is 13.4. The lowest BCUT2D eigenvalue weighted by Gasteiger charge is -2.21. The first kappa shape index (κ1) is 23.2. The van der Waals surface area contributed by atoms with Crippen LogP contribution in [0.3, 0.4) is 0 Å². The third kappa shape index (κ3) is 5.06. The lowest BCUT2D eigenvalue weighted by atomic mass is 10.1. The molecule has 1 heterocycles. The van der Waals surface area contributed by atoms with Gasteiger partial charge in [-0.2, -0.15) is 0 Å². The van der Waals surface area contributed by atoms with E-state index in [1.807, 2.05) is 45.0 Å². The predicted molar refractivity (Wildman–Crippen MR) is 124 cm³/mol. The van der Waals surface area contributed by atoms with Crippen LogP contribution in [0, 0.1) is 34.1 Å². The number of hydrogen-bond donors (Lipinski definition) is 0. The highest BCUT2D eigenvalue weighted by Crippen LogP contribution is 2.32. The number of aryl methyl sites for hydroxylation is 2. The summed E-state index contributed by atoms with van der Waals surface area (Å²) in [5, 5.41) is 23.0. The highest BCUT2D eigenvalue weighted by Gasteiger charge is 2.26. The van der Waals surface area contributed by atoms with E-state index in [1.165, 1.54) is 16.2 Å². The fourth-order valence-electron chi connectivity index (χ4n) is 3.20. The van der Waals surface area contributed by atoms with E-state index in [0.29, 0.717) is 24.6 Å². The minimum absolute atomic E-state index is 0.123. The number of hydrogen-bond acceptors (Lipinski definition) is 8. The summed E-state index contributed by atoms with van der Waals surface area (Å²) < 4.78 is 0.915. The molecule has 11 heteroatoms. The summed E-state index contributed by atoms with van der Waals surface area (Å²) in [4.78, 5) is 42.5. The van der Waals surface area contributed by atoms with Crippen molar-refractivity contribution in [2.24, 2.45) is 0 Å². The molecule has 0 bridgehead atoms. The number of benzene rings is 2. The number of nitro benzene ring substituents is 2. The zero-order valence-electron chi connectivity index (χ0n) is 18.2. The second kappa shape index (κ2) is 9.37. The van der Waals surface area contributed by atoms with Gasteiger partial charge in [0.1, 0.15) is 0 Å². The zero-order valence-corrected chi connectivity index (χ0v) is 19.0. The Balaban J connectivity index is 2.07. The van der Waals surface area contributed by atoms with Gasteiger partial charge < -0.3 is 4.90 Å². The number of non-ortho nitro benzene ring substituents is 2. The quantitative estimate of drug-likeness (QED) is 0.364. The number of amides is 1. The van der Waals surface area contributed by atoms with Crippen molar-refractivity contribution in [1.82, 2.24) is 9.88 Å². The van der Waals surface area contributed by atoms with Crippen molar-refractivity contribution in [1.29, 1.82) is 0 Å². The van der Waals surface area contributed by atoms with Crippen molar-refractivity contribution in [3.05, 3.63) is 67.3 Å². The first-order chi connectivity index (χ1) is 15.1. The minimum Gasteiger partial charge on any atom is -0.309 e. The van der Waals surface area contributed by atoms with Crippen LogP contribution in [-0.4, -0.2) is 52.8 Å². The van der Waals surface area contributed by atoms with Gasteiger partial charge in [-0.1, -0.05) is 11.3 Å². The number of rotatable bonds is 8. The summed E-state index contributed by atoms with van der Waals surface area (Å²) in [5.41, 5.74) is 1.80. The third-order valence-corrected chi connectivity index (χ3v) is 6.07. The van der Waals surface area contributed by atoms with E-state index in [9.17, 15) is 25.0 Å². The summed E-state index contributed by atoms with van der Waals surface area (Å²) in [6, 6.07) is 6.93. The number of nitrogens with zero attached hydrogens (tertiary/aromatic N) is 5. The summed E-state index contributed by atoms with van der Waals surface area (Å²) in [6.45, 7) is 5.00. The smallest absolute Gasteiger partial charge is 0.277 e. The number of carbonyl (C=O) groups is 1. The second-order valence-electron chi connectivity index (χ2n) is 7.77. The molecule has 0 unspecified atom stereocenters. The second-order valence-corrected chi connectivity index (χ2v) is 8.78. The van der Waals surface area contributed by atoms with E-state index in [1.54, 1.807) is 0 Å². The maximum absolute atomic E-state index is 13.4. The van der Waals surface area contributed by atoms with Crippen LogP contribution < -0.4 is 4.90 Å². The number of carbonyl (C=O) groups excluding carboxylic acids is 1. The number of thiazole rings is 1. The number of nitro groups is 2. The lowest BCUT2D eigenvalue weighted by molar-refractivity contribution is -0.394. The average Bonchev–Trinajstić information content (AvgIpc) is 3.12. The van der Waals surface area contributed by atoms with E-state index in [2.05, 4.69) is 4.98 Å². The predicted octanol–water partition coefficient (Wildman–Crippen LogP) is 4.33. The van der Waals surface area contributed by atoms with Crippen molar-refractivity contribution in [2.45, 2.75) is 20.3 Å². The van der Waals surface area contributed by atoms with Gasteiger partial charge in [0.05, 0.1) is 31.7 Å². The standard InChI is InChI=1S/C21H23N5O5S/c1-13-8-18-19(9-14(13)2)32-21(22-18)24(7-5-6-23(3)4)20(27)15-10-16(25(28)29)12-17(11-15)26(30)31/h8-12H,5-7H2,1-4H3. The van der Waals surface area contributed by atoms with Gasteiger partial charge >= 0.3 is 0 Å². The molecule has 0 spiro atoms. The molecule has 0 N–H and O–H groups in total. The van der Waals surface area contributed by atoms with Gasteiger partial charge in [0, 0.05) is 18.7 Å². The Morgan fingerprint density at radius 1 is 0.969 bits per heavy atom. The van der Waals surface area contributed by atoms with Gasteiger partial charge in [-0.15, -0.1) is 0 Å². The molecule has 0 saturated heterocycles. The van der Waals surface area contributed by atoms with Crippen LogP contribution in [0.5, 0.6) is 0 Å². The molecular formula is C21H23N5O5S. The molecule has 1 amide bonds. The van der Waals surface area contributed by atoms with E-state index in [4.69, 9.17) is 0 Å². The van der Waals surface area contributed by atoms with Gasteiger partial charge in [0.2, 0.25) is 0 Å². The molecule has 2 aromatic carbocycles. The summed E-state index contributed by atoms with van der Waals surface area (Å²) in [5.74, 6) is -0.567. The fraction of sp³-hybridized carbons (Fsp3) is 0.333. The minimum atomic E-state index is -0.747. The molecule has 0 atom stereocenters. The average molecular weight is 458 g/mol. The monoisotopic (exact) mass is 457 g/mol. The van der Waals surface area contributed by atoms with E-state index >= 15 is 0 Å². The molecule has 168 valence electrons. The molecule has 0 fully saturated rings. The SMILES string of the molecule is Cc1cc2nc(N(CCCN(C)C)C(=O)c3cc([N+](=O)[O-])cc([N+](=O)[O-])c3)sc2cc1C. The van der Waals surface area contributed by atoms with Crippen molar-refractivity contribution in [2.75, 3.05) is 32.1 Å². The van der Waals surface area contributed by atoms with Gasteiger partial charge in [-0.25, -0.2) is 4.98 Å². The number of aromatic nitrogens is 1. The Labute approximate surface area is 188 Å². The van der Waals surface area contributed by atoms with E-state index in [0.717, 1.165) is 39.5 Å². The molecule has 0 radical (unpaired) electrons. The topological polar surface area (TPSA) is 123 Å². The van der Waals surface area contributed by atoms with Crippen molar-refractivity contribution in [3.8, 4) is 0 Å². The van der Waals surface area contributed by atoms with E-state index in [-0.39, 0.29) is 5.56 Å². The van der Waals surface area contributed by atoms with Crippen LogP contribution in [0.25, 0.3) is 10.2 Å². The highest BCUT2D eigenvalue weighted by molar-refractivity contribution is 7.22. The fourth-order valence-corrected chi connectivity index (χ4v) is 4.27. The molecule has 32 heavy (non-hydrogen) atoms. The highest BCUT2D eigenvalue weighted by atomic mass is 32.1. The Kier molecular flexibility index (Phi) is 6.80. The number of anilines is 1. The van der Waals surface area contributed by atoms with Crippen molar-refractivity contribution < 1.29 is 14.6 Å². The molecule has 3 aromatic rings. The third-order valence-electron chi connectivity index (χ3n) is 5.03. The van der Waals surface area contributed by atoms with Crippen molar-refractivity contribution in [3.63, 3.8) is 0 Å². The Morgan fingerprint density at radius 3 is 2.12 bits per heavy atom. The zero-order chi connectivity index (χ0) is 23.6.